The summed E-state index contributed by atoms with van der Waals surface area (Å²) >= 11 is 0. The first-order valence-electron chi connectivity index (χ1n) is 8.48. The van der Waals surface area contributed by atoms with Gasteiger partial charge in [0.05, 0.1) is 12.9 Å². The monoisotopic (exact) mass is 353 g/mol. The zero-order valence-corrected chi connectivity index (χ0v) is 15.3. The van der Waals surface area contributed by atoms with Crippen molar-refractivity contribution in [2.75, 3.05) is 46.2 Å². The van der Waals surface area contributed by atoms with E-state index in [1.807, 2.05) is 12.3 Å². The summed E-state index contributed by atoms with van der Waals surface area (Å²) in [6.45, 7) is 4.76. The van der Waals surface area contributed by atoms with Crippen molar-refractivity contribution in [2.24, 2.45) is 11.3 Å². The summed E-state index contributed by atoms with van der Waals surface area (Å²) in [4.78, 5) is 6.62. The molecule has 3 heterocycles. The van der Waals surface area contributed by atoms with E-state index in [0.29, 0.717) is 19.7 Å². The molecule has 2 aliphatic rings. The van der Waals surface area contributed by atoms with Crippen LogP contribution in [0.25, 0.3) is 0 Å². The molecule has 134 valence electrons. The quantitative estimate of drug-likeness (QED) is 0.796. The Hall–Kier alpha value is -1.02. The van der Waals surface area contributed by atoms with Crippen LogP contribution >= 0.6 is 0 Å². The van der Waals surface area contributed by atoms with E-state index in [1.165, 1.54) is 11.8 Å². The van der Waals surface area contributed by atoms with Gasteiger partial charge in [0.15, 0.2) is 0 Å². The Kier molecular flexibility index (Phi) is 5.24. The lowest BCUT2D eigenvalue weighted by Crippen LogP contribution is -2.45. The fourth-order valence-electron chi connectivity index (χ4n) is 4.14. The topological polar surface area (TPSA) is 62.7 Å². The summed E-state index contributed by atoms with van der Waals surface area (Å²) in [6, 6.07) is 4.07. The largest absolute Gasteiger partial charge is 0.384 e. The Morgan fingerprint density at radius 3 is 2.71 bits per heavy atom. The smallest absolute Gasteiger partial charge is 0.211 e. The van der Waals surface area contributed by atoms with Gasteiger partial charge in [0.1, 0.15) is 0 Å². The van der Waals surface area contributed by atoms with Crippen molar-refractivity contribution in [2.45, 2.75) is 19.4 Å². The summed E-state index contributed by atoms with van der Waals surface area (Å²) in [6.07, 6.45) is 7.06. The van der Waals surface area contributed by atoms with E-state index in [0.717, 1.165) is 32.5 Å². The Labute approximate surface area is 144 Å². The second-order valence-corrected chi connectivity index (χ2v) is 9.19. The van der Waals surface area contributed by atoms with Crippen molar-refractivity contribution in [1.82, 2.24) is 14.2 Å². The van der Waals surface area contributed by atoms with Gasteiger partial charge in [-0.25, -0.2) is 12.7 Å². The number of ether oxygens (including phenoxy) is 1. The molecule has 0 amide bonds. The van der Waals surface area contributed by atoms with Crippen molar-refractivity contribution in [3.63, 3.8) is 0 Å². The average Bonchev–Trinajstić information content (AvgIpc) is 2.90. The maximum absolute atomic E-state index is 12.0. The molecule has 0 aromatic carbocycles. The predicted octanol–water partition coefficient (Wildman–Crippen LogP) is 1.20. The Balaban J connectivity index is 1.66. The average molecular weight is 353 g/mol. The number of nitrogens with zero attached hydrogens (tertiary/aromatic N) is 3. The van der Waals surface area contributed by atoms with Crippen LogP contribution in [-0.4, -0.2) is 68.8 Å². The number of likely N-dealkylation sites (tertiary alicyclic amines) is 1. The van der Waals surface area contributed by atoms with Gasteiger partial charge in [-0.05, 0) is 43.0 Å². The molecular formula is C17H27N3O3S. The predicted molar refractivity (Wildman–Crippen MR) is 93.0 cm³/mol. The van der Waals surface area contributed by atoms with Crippen molar-refractivity contribution in [3.05, 3.63) is 30.1 Å². The standard InChI is InChI=1S/C17H27N3O3S/c1-23-13-16-12-20(24(2,21)22)14-17(16)5-8-19(9-6-17)11-15-4-3-7-18-10-15/h3-4,7,10,16H,5-6,8-9,11-14H2,1-2H3. The molecule has 2 fully saturated rings. The number of methoxy groups -OCH3 is 1. The van der Waals surface area contributed by atoms with Crippen LogP contribution in [0.2, 0.25) is 0 Å². The first kappa shape index (κ1) is 17.8. The molecule has 24 heavy (non-hydrogen) atoms. The molecule has 0 bridgehead atoms. The van der Waals surface area contributed by atoms with E-state index in [9.17, 15) is 8.42 Å². The van der Waals surface area contributed by atoms with Crippen molar-refractivity contribution in [3.8, 4) is 0 Å². The highest BCUT2D eigenvalue weighted by Crippen LogP contribution is 2.45. The van der Waals surface area contributed by atoms with Crippen LogP contribution in [0.1, 0.15) is 18.4 Å². The van der Waals surface area contributed by atoms with Crippen LogP contribution in [0.15, 0.2) is 24.5 Å². The van der Waals surface area contributed by atoms with Gasteiger partial charge in [0, 0.05) is 45.1 Å². The first-order chi connectivity index (χ1) is 11.4. The van der Waals surface area contributed by atoms with E-state index in [-0.39, 0.29) is 11.3 Å². The third-order valence-electron chi connectivity index (χ3n) is 5.60. The van der Waals surface area contributed by atoms with Crippen LogP contribution < -0.4 is 0 Å². The molecule has 1 unspecified atom stereocenters. The summed E-state index contributed by atoms with van der Waals surface area (Å²) in [5.74, 6) is 0.290. The lowest BCUT2D eigenvalue weighted by atomic mass is 9.71. The van der Waals surface area contributed by atoms with Crippen LogP contribution in [0.4, 0.5) is 0 Å². The molecule has 1 aromatic rings. The molecule has 0 radical (unpaired) electrons. The molecular weight excluding hydrogens is 326 g/mol. The minimum atomic E-state index is -3.14. The number of aromatic nitrogens is 1. The van der Waals surface area contributed by atoms with Gasteiger partial charge < -0.3 is 4.74 Å². The second kappa shape index (κ2) is 7.07. The van der Waals surface area contributed by atoms with E-state index in [1.54, 1.807) is 17.6 Å². The van der Waals surface area contributed by atoms with Gasteiger partial charge in [0.2, 0.25) is 10.0 Å². The molecule has 2 aliphatic heterocycles. The fourth-order valence-corrected chi connectivity index (χ4v) is 5.08. The zero-order valence-electron chi connectivity index (χ0n) is 14.5. The number of rotatable bonds is 5. The van der Waals surface area contributed by atoms with Gasteiger partial charge in [-0.3, -0.25) is 9.88 Å². The SMILES string of the molecule is COCC1CN(S(C)(=O)=O)CC12CCN(Cc1cccnc1)CC2. The number of piperidine rings is 1. The van der Waals surface area contributed by atoms with E-state index in [2.05, 4.69) is 16.0 Å². The molecule has 0 saturated carbocycles. The lowest BCUT2D eigenvalue weighted by Gasteiger charge is -2.42. The van der Waals surface area contributed by atoms with Crippen LogP contribution in [0, 0.1) is 11.3 Å². The Bertz CT molecular complexity index is 642. The third-order valence-corrected chi connectivity index (χ3v) is 6.82. The highest BCUT2D eigenvalue weighted by atomic mass is 32.2. The molecule has 1 atom stereocenters. The Morgan fingerprint density at radius 2 is 2.12 bits per heavy atom. The summed E-state index contributed by atoms with van der Waals surface area (Å²) < 4.78 is 31.0. The zero-order chi connectivity index (χ0) is 17.2. The number of hydrogen-bond donors (Lipinski definition) is 0. The second-order valence-electron chi connectivity index (χ2n) is 7.21. The van der Waals surface area contributed by atoms with Gasteiger partial charge >= 0.3 is 0 Å². The molecule has 1 aromatic heterocycles. The maximum atomic E-state index is 12.0. The van der Waals surface area contributed by atoms with Crippen molar-refractivity contribution < 1.29 is 13.2 Å². The van der Waals surface area contributed by atoms with Gasteiger partial charge in [-0.2, -0.15) is 0 Å². The molecule has 1 spiro atoms. The maximum Gasteiger partial charge on any atom is 0.211 e. The molecule has 2 saturated heterocycles. The summed E-state index contributed by atoms with van der Waals surface area (Å²) in [5, 5.41) is 0. The molecule has 6 nitrogen and oxygen atoms in total. The summed E-state index contributed by atoms with van der Waals surface area (Å²) in [5.41, 5.74) is 1.29. The van der Waals surface area contributed by atoms with Gasteiger partial charge in [-0.1, -0.05) is 6.07 Å². The number of sulfonamides is 1. The first-order valence-corrected chi connectivity index (χ1v) is 10.3. The van der Waals surface area contributed by atoms with Crippen LogP contribution in [0.5, 0.6) is 0 Å². The summed E-state index contributed by atoms with van der Waals surface area (Å²) in [7, 11) is -1.43. The van der Waals surface area contributed by atoms with Gasteiger partial charge in [0.25, 0.3) is 0 Å². The van der Waals surface area contributed by atoms with E-state index in [4.69, 9.17) is 4.74 Å². The highest BCUT2D eigenvalue weighted by Gasteiger charge is 2.49. The minimum absolute atomic E-state index is 0.0600. The van der Waals surface area contributed by atoms with Crippen LogP contribution in [-0.2, 0) is 21.3 Å². The minimum Gasteiger partial charge on any atom is -0.384 e. The van der Waals surface area contributed by atoms with E-state index < -0.39 is 10.0 Å². The normalized spacial score (nSPS) is 25.3. The van der Waals surface area contributed by atoms with Gasteiger partial charge in [-0.15, -0.1) is 0 Å². The molecule has 0 N–H and O–H groups in total. The van der Waals surface area contributed by atoms with Crippen molar-refractivity contribution in [1.29, 1.82) is 0 Å². The molecule has 3 rings (SSSR count). The highest BCUT2D eigenvalue weighted by molar-refractivity contribution is 7.88. The molecule has 7 heteroatoms. The fraction of sp³-hybridized carbons (Fsp3) is 0.706. The van der Waals surface area contributed by atoms with Crippen LogP contribution in [0.3, 0.4) is 0 Å². The lowest BCUT2D eigenvalue weighted by molar-refractivity contribution is 0.0357. The number of pyridine rings is 1. The Morgan fingerprint density at radius 1 is 1.38 bits per heavy atom. The molecule has 0 aliphatic carbocycles. The number of hydrogen-bond acceptors (Lipinski definition) is 5. The third kappa shape index (κ3) is 3.79. The van der Waals surface area contributed by atoms with E-state index >= 15 is 0 Å². The van der Waals surface area contributed by atoms with Crippen molar-refractivity contribution >= 4 is 10.0 Å².